The van der Waals surface area contributed by atoms with Gasteiger partial charge in [0.2, 0.25) is 5.91 Å². The van der Waals surface area contributed by atoms with Gasteiger partial charge in [-0.05, 0) is 30.7 Å². The van der Waals surface area contributed by atoms with E-state index in [-0.39, 0.29) is 23.7 Å². The Morgan fingerprint density at radius 1 is 1.29 bits per heavy atom. The molecule has 1 unspecified atom stereocenters. The van der Waals surface area contributed by atoms with Crippen LogP contribution in [0.1, 0.15) is 48.7 Å². The number of amides is 1. The Morgan fingerprint density at radius 3 is 2.48 bits per heavy atom. The number of hydrogen-bond donors (Lipinski definition) is 0. The van der Waals surface area contributed by atoms with Crippen molar-refractivity contribution in [2.45, 2.75) is 41.0 Å². The van der Waals surface area contributed by atoms with E-state index in [9.17, 15) is 9.59 Å². The fourth-order valence-electron chi connectivity index (χ4n) is 2.89. The number of rotatable bonds is 3. The van der Waals surface area contributed by atoms with Gasteiger partial charge in [0.05, 0.1) is 6.54 Å². The second kappa shape index (κ2) is 5.63. The largest absolute Gasteiger partial charge is 0.335 e. The SMILES string of the molecule is Cc1ccc(C(=O)CN2CC(C(C)(C)C)CC2=O)c(C)c1. The minimum absolute atomic E-state index is 0.0374. The van der Waals surface area contributed by atoms with Crippen LogP contribution >= 0.6 is 0 Å². The molecule has 1 heterocycles. The minimum Gasteiger partial charge on any atom is -0.335 e. The van der Waals surface area contributed by atoms with E-state index in [2.05, 4.69) is 20.8 Å². The molecule has 0 saturated carbocycles. The molecule has 21 heavy (non-hydrogen) atoms. The third-order valence-electron chi connectivity index (χ3n) is 4.46. The number of nitrogens with zero attached hydrogens (tertiary/aromatic N) is 1. The van der Waals surface area contributed by atoms with E-state index in [0.717, 1.165) is 16.7 Å². The summed E-state index contributed by atoms with van der Waals surface area (Å²) in [5.41, 5.74) is 2.97. The van der Waals surface area contributed by atoms with Crippen molar-refractivity contribution in [3.8, 4) is 0 Å². The zero-order chi connectivity index (χ0) is 15.8. The van der Waals surface area contributed by atoms with Crippen LogP contribution in [0.15, 0.2) is 18.2 Å². The van der Waals surface area contributed by atoms with Crippen LogP contribution in [-0.2, 0) is 4.79 Å². The van der Waals surface area contributed by atoms with E-state index >= 15 is 0 Å². The van der Waals surface area contributed by atoms with E-state index in [1.54, 1.807) is 4.90 Å². The molecule has 3 nitrogen and oxygen atoms in total. The minimum atomic E-state index is 0.0374. The zero-order valence-electron chi connectivity index (χ0n) is 13.7. The maximum atomic E-state index is 12.4. The first-order chi connectivity index (χ1) is 9.68. The molecule has 3 heteroatoms. The van der Waals surface area contributed by atoms with Crippen LogP contribution in [0.4, 0.5) is 0 Å². The standard InChI is InChI=1S/C18H25NO2/c1-12-6-7-15(13(2)8-12)16(20)11-19-10-14(9-17(19)21)18(3,4)5/h6-8,14H,9-11H2,1-5H3. The number of hydrogen-bond acceptors (Lipinski definition) is 2. The van der Waals surface area contributed by atoms with Gasteiger partial charge in [-0.1, -0.05) is 44.5 Å². The summed E-state index contributed by atoms with van der Waals surface area (Å²) in [6.07, 6.45) is 0.559. The first-order valence-corrected chi connectivity index (χ1v) is 7.56. The summed E-state index contributed by atoms with van der Waals surface area (Å²) in [6.45, 7) is 11.3. The molecule has 1 aliphatic rings. The van der Waals surface area contributed by atoms with Gasteiger partial charge in [-0.15, -0.1) is 0 Å². The lowest BCUT2D eigenvalue weighted by Gasteiger charge is -2.26. The van der Waals surface area contributed by atoms with Gasteiger partial charge in [0.1, 0.15) is 0 Å². The van der Waals surface area contributed by atoms with Gasteiger partial charge in [-0.3, -0.25) is 9.59 Å². The maximum Gasteiger partial charge on any atom is 0.223 e. The second-order valence-corrected chi connectivity index (χ2v) is 7.28. The molecule has 1 atom stereocenters. The number of benzene rings is 1. The van der Waals surface area contributed by atoms with Crippen LogP contribution in [0, 0.1) is 25.2 Å². The third kappa shape index (κ3) is 3.52. The second-order valence-electron chi connectivity index (χ2n) is 7.28. The number of carbonyl (C=O) groups excluding carboxylic acids is 2. The van der Waals surface area contributed by atoms with Gasteiger partial charge < -0.3 is 4.90 Å². The van der Waals surface area contributed by atoms with Crippen LogP contribution in [0.3, 0.4) is 0 Å². The molecule has 0 radical (unpaired) electrons. The van der Waals surface area contributed by atoms with Gasteiger partial charge >= 0.3 is 0 Å². The molecule has 0 aromatic heterocycles. The van der Waals surface area contributed by atoms with Crippen LogP contribution < -0.4 is 0 Å². The van der Waals surface area contributed by atoms with Crippen LogP contribution in [0.2, 0.25) is 0 Å². The number of ketones is 1. The summed E-state index contributed by atoms with van der Waals surface area (Å²) < 4.78 is 0. The molecule has 1 saturated heterocycles. The lowest BCUT2D eigenvalue weighted by molar-refractivity contribution is -0.127. The van der Waals surface area contributed by atoms with Crippen molar-refractivity contribution < 1.29 is 9.59 Å². The Hall–Kier alpha value is -1.64. The number of aryl methyl sites for hydroxylation is 2. The number of likely N-dealkylation sites (tertiary alicyclic amines) is 1. The first kappa shape index (κ1) is 15.7. The van der Waals surface area contributed by atoms with Crippen molar-refractivity contribution in [1.82, 2.24) is 4.90 Å². The van der Waals surface area contributed by atoms with Crippen LogP contribution in [0.25, 0.3) is 0 Å². The maximum absolute atomic E-state index is 12.4. The highest BCUT2D eigenvalue weighted by Crippen LogP contribution is 2.34. The van der Waals surface area contributed by atoms with Crippen molar-refractivity contribution in [2.75, 3.05) is 13.1 Å². The summed E-state index contributed by atoms with van der Waals surface area (Å²) in [6, 6.07) is 5.83. The van der Waals surface area contributed by atoms with Crippen LogP contribution in [-0.4, -0.2) is 29.7 Å². The molecular formula is C18H25NO2. The van der Waals surface area contributed by atoms with E-state index in [4.69, 9.17) is 0 Å². The Labute approximate surface area is 127 Å². The van der Waals surface area contributed by atoms with Gasteiger partial charge in [0.15, 0.2) is 5.78 Å². The monoisotopic (exact) mass is 287 g/mol. The van der Waals surface area contributed by atoms with Gasteiger partial charge in [-0.25, -0.2) is 0 Å². The summed E-state index contributed by atoms with van der Waals surface area (Å²) in [5.74, 6) is 0.473. The topological polar surface area (TPSA) is 37.4 Å². The fraction of sp³-hybridized carbons (Fsp3) is 0.556. The van der Waals surface area contributed by atoms with Crippen molar-refractivity contribution in [1.29, 1.82) is 0 Å². The van der Waals surface area contributed by atoms with Crippen molar-refractivity contribution in [2.24, 2.45) is 11.3 Å². The van der Waals surface area contributed by atoms with E-state index in [1.807, 2.05) is 32.0 Å². The summed E-state index contributed by atoms with van der Waals surface area (Å²) in [5, 5.41) is 0. The average molecular weight is 287 g/mol. The van der Waals surface area contributed by atoms with Crippen molar-refractivity contribution in [3.05, 3.63) is 34.9 Å². The average Bonchev–Trinajstić information content (AvgIpc) is 2.70. The zero-order valence-corrected chi connectivity index (χ0v) is 13.7. The van der Waals surface area contributed by atoms with Crippen LogP contribution in [0.5, 0.6) is 0 Å². The molecule has 1 aromatic carbocycles. The van der Waals surface area contributed by atoms with E-state index in [1.165, 1.54) is 0 Å². The number of Topliss-reactive ketones (excluding diaryl/α,β-unsaturated/α-hetero) is 1. The molecular weight excluding hydrogens is 262 g/mol. The highest BCUT2D eigenvalue weighted by Gasteiger charge is 2.37. The summed E-state index contributed by atoms with van der Waals surface area (Å²) >= 11 is 0. The molecule has 1 aliphatic heterocycles. The molecule has 114 valence electrons. The molecule has 0 spiro atoms. The normalized spacial score (nSPS) is 19.2. The van der Waals surface area contributed by atoms with Gasteiger partial charge in [-0.2, -0.15) is 0 Å². The first-order valence-electron chi connectivity index (χ1n) is 7.56. The smallest absolute Gasteiger partial charge is 0.223 e. The summed E-state index contributed by atoms with van der Waals surface area (Å²) in [7, 11) is 0. The molecule has 1 fully saturated rings. The predicted molar refractivity (Wildman–Crippen MR) is 84.4 cm³/mol. The highest BCUT2D eigenvalue weighted by molar-refractivity contribution is 6.00. The molecule has 0 aliphatic carbocycles. The van der Waals surface area contributed by atoms with Gasteiger partial charge in [0.25, 0.3) is 0 Å². The molecule has 1 aromatic rings. The van der Waals surface area contributed by atoms with E-state index < -0.39 is 0 Å². The highest BCUT2D eigenvalue weighted by atomic mass is 16.2. The lowest BCUT2D eigenvalue weighted by Crippen LogP contribution is -2.32. The van der Waals surface area contributed by atoms with Crippen molar-refractivity contribution >= 4 is 11.7 Å². The van der Waals surface area contributed by atoms with Gasteiger partial charge in [0, 0.05) is 18.5 Å². The van der Waals surface area contributed by atoms with E-state index in [0.29, 0.717) is 18.9 Å². The molecule has 2 rings (SSSR count). The third-order valence-corrected chi connectivity index (χ3v) is 4.46. The predicted octanol–water partition coefficient (Wildman–Crippen LogP) is 3.38. The molecule has 1 amide bonds. The Balaban J connectivity index is 2.08. The molecule has 0 bridgehead atoms. The number of carbonyl (C=O) groups is 2. The Bertz CT molecular complexity index is 569. The Kier molecular flexibility index (Phi) is 4.22. The quantitative estimate of drug-likeness (QED) is 0.799. The Morgan fingerprint density at radius 2 is 1.95 bits per heavy atom. The van der Waals surface area contributed by atoms with Crippen molar-refractivity contribution in [3.63, 3.8) is 0 Å². The fourth-order valence-corrected chi connectivity index (χ4v) is 2.89. The lowest BCUT2D eigenvalue weighted by atomic mass is 9.80. The molecule has 0 N–H and O–H groups in total. The summed E-state index contributed by atoms with van der Waals surface area (Å²) in [4.78, 5) is 26.3.